The number of benzene rings is 1. The van der Waals surface area contributed by atoms with Crippen molar-refractivity contribution in [2.45, 2.75) is 6.42 Å². The van der Waals surface area contributed by atoms with Crippen LogP contribution in [0.1, 0.15) is 5.56 Å². The van der Waals surface area contributed by atoms with Crippen molar-refractivity contribution >= 4 is 18.0 Å². The van der Waals surface area contributed by atoms with Gasteiger partial charge in [0.15, 0.2) is 17.3 Å². The Kier molecular flexibility index (Phi) is 5.50. The number of rotatable bonds is 6. The van der Waals surface area contributed by atoms with Crippen LogP contribution in [0.5, 0.6) is 11.5 Å². The van der Waals surface area contributed by atoms with Gasteiger partial charge in [0.05, 0.1) is 20.5 Å². The molecular weight excluding hydrogens is 312 g/mol. The van der Waals surface area contributed by atoms with Crippen LogP contribution in [0.3, 0.4) is 0 Å². The lowest BCUT2D eigenvalue weighted by atomic mass is 10.1. The number of ether oxygens (including phenoxy) is 2. The Hall–Kier alpha value is -3.36. The molecule has 0 saturated heterocycles. The molecule has 0 aliphatic carbocycles. The highest BCUT2D eigenvalue weighted by Gasteiger charge is 2.15. The summed E-state index contributed by atoms with van der Waals surface area (Å²) in [6.45, 7) is 0. The first-order valence-electron chi connectivity index (χ1n) is 6.96. The van der Waals surface area contributed by atoms with Crippen molar-refractivity contribution < 1.29 is 9.47 Å². The third kappa shape index (κ3) is 3.88. The molecule has 1 heterocycles. The van der Waals surface area contributed by atoms with E-state index in [-0.39, 0.29) is 23.6 Å². The minimum atomic E-state index is -0.351. The fraction of sp³-hybridized carbons (Fsp3) is 0.200. The van der Waals surface area contributed by atoms with Gasteiger partial charge in [-0.2, -0.15) is 10.1 Å². The number of amidine groups is 1. The zero-order valence-electron chi connectivity index (χ0n) is 13.3. The molecule has 0 unspecified atom stereocenters. The Balaban J connectivity index is 2.27. The van der Waals surface area contributed by atoms with Crippen molar-refractivity contribution in [3.05, 3.63) is 46.5 Å². The van der Waals surface area contributed by atoms with Crippen LogP contribution in [-0.4, -0.2) is 36.4 Å². The van der Waals surface area contributed by atoms with Gasteiger partial charge >= 0.3 is 0 Å². The van der Waals surface area contributed by atoms with E-state index in [2.05, 4.69) is 15.1 Å². The van der Waals surface area contributed by atoms with Gasteiger partial charge in [-0.05, 0) is 17.7 Å². The van der Waals surface area contributed by atoms with Crippen molar-refractivity contribution in [1.29, 1.82) is 5.41 Å². The van der Waals surface area contributed by atoms with Gasteiger partial charge in [0.25, 0.3) is 5.56 Å². The lowest BCUT2D eigenvalue weighted by Crippen LogP contribution is -2.29. The summed E-state index contributed by atoms with van der Waals surface area (Å²) in [5, 5.41) is 13.3. The summed E-state index contributed by atoms with van der Waals surface area (Å²) in [5.74, 6) is 1.44. The number of nitrogens with one attached hydrogen (secondary N) is 2. The highest BCUT2D eigenvalue weighted by Crippen LogP contribution is 2.28. The Bertz CT molecular complexity index is 802. The van der Waals surface area contributed by atoms with Gasteiger partial charge in [0, 0.05) is 12.5 Å². The van der Waals surface area contributed by atoms with Gasteiger partial charge in [-0.15, -0.1) is 0 Å². The van der Waals surface area contributed by atoms with Crippen LogP contribution in [-0.2, 0) is 6.42 Å². The third-order valence-corrected chi connectivity index (χ3v) is 3.14. The average Bonchev–Trinajstić information content (AvgIpc) is 2.59. The normalized spacial score (nSPS) is 10.6. The van der Waals surface area contributed by atoms with E-state index in [1.807, 2.05) is 6.07 Å². The number of nitrogens with zero attached hydrogens (tertiary/aromatic N) is 3. The number of nitrogens with two attached hydrogens (primary N) is 1. The molecule has 0 spiro atoms. The van der Waals surface area contributed by atoms with Crippen molar-refractivity contribution in [3.63, 3.8) is 0 Å². The molecule has 0 amide bonds. The number of aromatic amines is 1. The van der Waals surface area contributed by atoms with Gasteiger partial charge in [-0.1, -0.05) is 6.07 Å². The molecule has 1 aromatic heterocycles. The smallest absolute Gasteiger partial charge is 0.252 e. The van der Waals surface area contributed by atoms with Crippen LogP contribution in [0, 0.1) is 5.41 Å². The molecule has 0 atom stereocenters. The highest BCUT2D eigenvalue weighted by molar-refractivity contribution is 5.96. The Morgan fingerprint density at radius 3 is 2.75 bits per heavy atom. The Labute approximate surface area is 138 Å². The summed E-state index contributed by atoms with van der Waals surface area (Å²) in [5.41, 5.74) is 5.79. The standard InChI is InChI=1S/C15H18N6O3/c1-23-11-4-3-10(5-12(11)24-2)6-13(17)21(20-8-16)14-7-15(22)19-9-18-14/h3-5,7-9,17H,6H2,1-2H3,(H2,16,20)(H,18,19,22). The summed E-state index contributed by atoms with van der Waals surface area (Å²) < 4.78 is 10.4. The maximum absolute atomic E-state index is 11.4. The molecular formula is C15H18N6O3. The summed E-state index contributed by atoms with van der Waals surface area (Å²) in [6, 6.07) is 6.56. The molecule has 126 valence electrons. The van der Waals surface area contributed by atoms with E-state index < -0.39 is 0 Å². The second kappa shape index (κ2) is 7.77. The first-order valence-corrected chi connectivity index (χ1v) is 6.96. The number of aromatic nitrogens is 2. The van der Waals surface area contributed by atoms with E-state index in [0.29, 0.717) is 11.5 Å². The van der Waals surface area contributed by atoms with Crippen LogP contribution < -0.4 is 25.8 Å². The predicted octanol–water partition coefficient (Wildman–Crippen LogP) is 0.715. The van der Waals surface area contributed by atoms with E-state index in [4.69, 9.17) is 20.6 Å². The first kappa shape index (κ1) is 17.0. The molecule has 9 nitrogen and oxygen atoms in total. The van der Waals surface area contributed by atoms with Crippen LogP contribution in [0.15, 0.2) is 40.5 Å². The lowest BCUT2D eigenvalue weighted by Gasteiger charge is -2.18. The zero-order valence-corrected chi connectivity index (χ0v) is 13.3. The highest BCUT2D eigenvalue weighted by atomic mass is 16.5. The summed E-state index contributed by atoms with van der Waals surface area (Å²) >= 11 is 0. The molecule has 4 N–H and O–H groups in total. The molecule has 0 aliphatic heterocycles. The topological polar surface area (TPSA) is 130 Å². The molecule has 0 aliphatic rings. The minimum absolute atomic E-state index is 0.0852. The van der Waals surface area contributed by atoms with Gasteiger partial charge in [0.2, 0.25) is 0 Å². The van der Waals surface area contributed by atoms with Gasteiger partial charge in [-0.3, -0.25) is 10.2 Å². The molecule has 0 saturated carbocycles. The monoisotopic (exact) mass is 330 g/mol. The molecule has 0 radical (unpaired) electrons. The molecule has 2 rings (SSSR count). The molecule has 0 fully saturated rings. The Morgan fingerprint density at radius 2 is 2.12 bits per heavy atom. The molecule has 0 bridgehead atoms. The molecule has 1 aromatic carbocycles. The van der Waals surface area contributed by atoms with Crippen LogP contribution >= 0.6 is 0 Å². The fourth-order valence-corrected chi connectivity index (χ4v) is 2.07. The number of hydrazone groups is 1. The number of hydrogen-bond acceptors (Lipinski definition) is 6. The van der Waals surface area contributed by atoms with Crippen LogP contribution in [0.25, 0.3) is 0 Å². The zero-order chi connectivity index (χ0) is 17.5. The van der Waals surface area contributed by atoms with E-state index in [1.54, 1.807) is 19.2 Å². The largest absolute Gasteiger partial charge is 0.493 e. The van der Waals surface area contributed by atoms with Gasteiger partial charge in [-0.25, -0.2) is 4.98 Å². The van der Waals surface area contributed by atoms with E-state index in [9.17, 15) is 4.79 Å². The lowest BCUT2D eigenvalue weighted by molar-refractivity contribution is 0.354. The van der Waals surface area contributed by atoms with Gasteiger partial charge < -0.3 is 20.2 Å². The quantitative estimate of drug-likeness (QED) is 0.406. The summed E-state index contributed by atoms with van der Waals surface area (Å²) in [7, 11) is 3.09. The van der Waals surface area contributed by atoms with Crippen LogP contribution in [0.2, 0.25) is 0 Å². The van der Waals surface area contributed by atoms with Crippen LogP contribution in [0.4, 0.5) is 5.82 Å². The predicted molar refractivity (Wildman–Crippen MR) is 91.0 cm³/mol. The van der Waals surface area contributed by atoms with E-state index in [0.717, 1.165) is 11.9 Å². The second-order valence-electron chi connectivity index (χ2n) is 4.66. The maximum Gasteiger partial charge on any atom is 0.252 e. The average molecular weight is 330 g/mol. The van der Waals surface area contributed by atoms with E-state index >= 15 is 0 Å². The number of methoxy groups -OCH3 is 2. The van der Waals surface area contributed by atoms with Crippen molar-refractivity contribution in [2.24, 2.45) is 10.8 Å². The number of H-pyrrole nitrogens is 1. The van der Waals surface area contributed by atoms with E-state index in [1.165, 1.54) is 24.5 Å². The molecule has 24 heavy (non-hydrogen) atoms. The molecule has 2 aromatic rings. The maximum atomic E-state index is 11.4. The Morgan fingerprint density at radius 1 is 1.38 bits per heavy atom. The fourth-order valence-electron chi connectivity index (χ4n) is 2.07. The second-order valence-corrected chi connectivity index (χ2v) is 4.66. The summed E-state index contributed by atoms with van der Waals surface area (Å²) in [4.78, 5) is 17.8. The van der Waals surface area contributed by atoms with Gasteiger partial charge in [0.1, 0.15) is 12.2 Å². The van der Waals surface area contributed by atoms with Crippen molar-refractivity contribution in [3.8, 4) is 11.5 Å². The SMILES string of the molecule is COc1ccc(CC(=N)N(/N=C/N)c2cc(=O)[nH]cn2)cc1OC. The number of anilines is 1. The first-order chi connectivity index (χ1) is 11.6. The summed E-state index contributed by atoms with van der Waals surface area (Å²) in [6.07, 6.45) is 2.50. The number of hydrogen-bond donors (Lipinski definition) is 3. The van der Waals surface area contributed by atoms with Crippen molar-refractivity contribution in [1.82, 2.24) is 9.97 Å². The minimum Gasteiger partial charge on any atom is -0.493 e. The third-order valence-electron chi connectivity index (χ3n) is 3.14. The van der Waals surface area contributed by atoms with Crippen molar-refractivity contribution in [2.75, 3.05) is 19.2 Å². The molecule has 9 heteroatoms.